The van der Waals surface area contributed by atoms with E-state index in [0.29, 0.717) is 13.2 Å². The van der Waals surface area contributed by atoms with Crippen LogP contribution in [-0.2, 0) is 9.53 Å². The maximum absolute atomic E-state index is 11.7. The lowest BCUT2D eigenvalue weighted by molar-refractivity contribution is -0.116. The SMILES string of the molecule is COCCCN(C(=O)CCl)c1ccccc1. The zero-order chi connectivity index (χ0) is 11.8. The number of hydrogen-bond donors (Lipinski definition) is 0. The predicted octanol–water partition coefficient (Wildman–Crippen LogP) is 2.29. The maximum Gasteiger partial charge on any atom is 0.241 e. The molecule has 88 valence electrons. The van der Waals surface area contributed by atoms with E-state index in [9.17, 15) is 4.79 Å². The molecule has 1 aromatic rings. The van der Waals surface area contributed by atoms with Crippen molar-refractivity contribution >= 4 is 23.2 Å². The second-order valence-electron chi connectivity index (χ2n) is 3.36. The van der Waals surface area contributed by atoms with Crippen molar-refractivity contribution in [2.75, 3.05) is 31.0 Å². The fraction of sp³-hybridized carbons (Fsp3) is 0.417. The number of benzene rings is 1. The second kappa shape index (κ2) is 7.25. The third-order valence-corrected chi connectivity index (χ3v) is 2.44. The Kier molecular flexibility index (Phi) is 5.90. The summed E-state index contributed by atoms with van der Waals surface area (Å²) in [4.78, 5) is 13.3. The minimum Gasteiger partial charge on any atom is -0.385 e. The highest BCUT2D eigenvalue weighted by molar-refractivity contribution is 6.29. The molecule has 16 heavy (non-hydrogen) atoms. The van der Waals surface area contributed by atoms with E-state index in [1.807, 2.05) is 30.3 Å². The van der Waals surface area contributed by atoms with Gasteiger partial charge in [0.15, 0.2) is 0 Å². The Morgan fingerprint density at radius 3 is 2.62 bits per heavy atom. The van der Waals surface area contributed by atoms with Crippen LogP contribution in [0.15, 0.2) is 30.3 Å². The van der Waals surface area contributed by atoms with Gasteiger partial charge in [-0.25, -0.2) is 0 Å². The summed E-state index contributed by atoms with van der Waals surface area (Å²) in [6.07, 6.45) is 0.800. The summed E-state index contributed by atoms with van der Waals surface area (Å²) in [6.45, 7) is 1.27. The molecular weight excluding hydrogens is 226 g/mol. The molecule has 0 aliphatic carbocycles. The van der Waals surface area contributed by atoms with Crippen LogP contribution in [0.25, 0.3) is 0 Å². The summed E-state index contributed by atoms with van der Waals surface area (Å²) in [5.41, 5.74) is 0.879. The molecule has 0 saturated carbocycles. The van der Waals surface area contributed by atoms with E-state index < -0.39 is 0 Å². The molecule has 0 N–H and O–H groups in total. The van der Waals surface area contributed by atoms with E-state index in [4.69, 9.17) is 16.3 Å². The Hall–Kier alpha value is -1.06. The number of ether oxygens (including phenoxy) is 1. The molecule has 0 heterocycles. The number of rotatable bonds is 6. The van der Waals surface area contributed by atoms with Crippen LogP contribution >= 0.6 is 11.6 Å². The molecule has 1 amide bonds. The van der Waals surface area contributed by atoms with Gasteiger partial charge >= 0.3 is 0 Å². The highest BCUT2D eigenvalue weighted by Crippen LogP contribution is 2.14. The molecule has 0 aliphatic heterocycles. The van der Waals surface area contributed by atoms with E-state index in [1.54, 1.807) is 12.0 Å². The lowest BCUT2D eigenvalue weighted by Gasteiger charge is -2.21. The number of halogens is 1. The zero-order valence-electron chi connectivity index (χ0n) is 9.36. The fourth-order valence-corrected chi connectivity index (χ4v) is 1.59. The summed E-state index contributed by atoms with van der Waals surface area (Å²) in [5.74, 6) is -0.0778. The predicted molar refractivity (Wildman–Crippen MR) is 66.0 cm³/mol. The Bertz CT molecular complexity index is 316. The fourth-order valence-electron chi connectivity index (χ4n) is 1.44. The lowest BCUT2D eigenvalue weighted by Crippen LogP contribution is -2.33. The number of hydrogen-bond acceptors (Lipinski definition) is 2. The molecule has 0 radical (unpaired) electrons. The van der Waals surface area contributed by atoms with Crippen LogP contribution in [0.3, 0.4) is 0 Å². The van der Waals surface area contributed by atoms with Crippen molar-refractivity contribution in [1.82, 2.24) is 0 Å². The van der Waals surface area contributed by atoms with Crippen LogP contribution in [0.1, 0.15) is 6.42 Å². The number of alkyl halides is 1. The molecule has 0 saturated heterocycles. The summed E-state index contributed by atoms with van der Waals surface area (Å²) < 4.78 is 4.97. The quantitative estimate of drug-likeness (QED) is 0.565. The highest BCUT2D eigenvalue weighted by Gasteiger charge is 2.13. The minimum absolute atomic E-state index is 0.00186. The zero-order valence-corrected chi connectivity index (χ0v) is 10.1. The average molecular weight is 242 g/mol. The van der Waals surface area contributed by atoms with Crippen molar-refractivity contribution in [3.8, 4) is 0 Å². The Morgan fingerprint density at radius 1 is 1.38 bits per heavy atom. The van der Waals surface area contributed by atoms with Gasteiger partial charge in [0.1, 0.15) is 5.88 Å². The van der Waals surface area contributed by atoms with E-state index >= 15 is 0 Å². The average Bonchev–Trinajstić information content (AvgIpc) is 2.35. The van der Waals surface area contributed by atoms with Crippen LogP contribution in [0.2, 0.25) is 0 Å². The molecular formula is C12H16ClNO2. The monoisotopic (exact) mass is 241 g/mol. The topological polar surface area (TPSA) is 29.5 Å². The van der Waals surface area contributed by atoms with Gasteiger partial charge in [0.25, 0.3) is 0 Å². The third-order valence-electron chi connectivity index (χ3n) is 2.21. The Balaban J connectivity index is 2.68. The molecule has 1 rings (SSSR count). The van der Waals surface area contributed by atoms with Gasteiger partial charge in [0.05, 0.1) is 0 Å². The first kappa shape index (κ1) is 13.0. The van der Waals surface area contributed by atoms with Crippen molar-refractivity contribution in [3.63, 3.8) is 0 Å². The van der Waals surface area contributed by atoms with E-state index in [-0.39, 0.29) is 11.8 Å². The van der Waals surface area contributed by atoms with Crippen LogP contribution in [0.5, 0.6) is 0 Å². The van der Waals surface area contributed by atoms with Crippen LogP contribution in [0.4, 0.5) is 5.69 Å². The number of amides is 1. The molecule has 0 unspecified atom stereocenters. The van der Waals surface area contributed by atoms with Gasteiger partial charge < -0.3 is 9.64 Å². The lowest BCUT2D eigenvalue weighted by atomic mass is 10.2. The van der Waals surface area contributed by atoms with Crippen molar-refractivity contribution in [1.29, 1.82) is 0 Å². The van der Waals surface area contributed by atoms with E-state index in [2.05, 4.69) is 0 Å². The Morgan fingerprint density at radius 2 is 2.06 bits per heavy atom. The van der Waals surface area contributed by atoms with Gasteiger partial charge in [-0.05, 0) is 18.6 Å². The van der Waals surface area contributed by atoms with Crippen molar-refractivity contribution < 1.29 is 9.53 Å². The number of carbonyl (C=O) groups excluding carboxylic acids is 1. The van der Waals surface area contributed by atoms with Gasteiger partial charge in [-0.15, -0.1) is 11.6 Å². The second-order valence-corrected chi connectivity index (χ2v) is 3.63. The van der Waals surface area contributed by atoms with Gasteiger partial charge in [-0.1, -0.05) is 18.2 Å². The summed E-state index contributed by atoms with van der Waals surface area (Å²) in [7, 11) is 1.65. The number of nitrogens with zero attached hydrogens (tertiary/aromatic N) is 1. The maximum atomic E-state index is 11.7. The summed E-state index contributed by atoms with van der Waals surface area (Å²) in [6, 6.07) is 9.52. The van der Waals surface area contributed by atoms with Crippen molar-refractivity contribution in [2.45, 2.75) is 6.42 Å². The van der Waals surface area contributed by atoms with Crippen LogP contribution < -0.4 is 4.90 Å². The standard InChI is InChI=1S/C12H16ClNO2/c1-16-9-5-8-14(12(15)10-13)11-6-3-2-4-7-11/h2-4,6-7H,5,8-10H2,1H3. The molecule has 0 aliphatic rings. The van der Waals surface area contributed by atoms with Gasteiger partial charge in [0.2, 0.25) is 5.91 Å². The highest BCUT2D eigenvalue weighted by atomic mass is 35.5. The van der Waals surface area contributed by atoms with E-state index in [0.717, 1.165) is 12.1 Å². The number of methoxy groups -OCH3 is 1. The largest absolute Gasteiger partial charge is 0.385 e. The first-order chi connectivity index (χ1) is 7.79. The summed E-state index contributed by atoms with van der Waals surface area (Å²) >= 11 is 5.59. The molecule has 4 heteroatoms. The first-order valence-electron chi connectivity index (χ1n) is 5.20. The molecule has 0 bridgehead atoms. The number of para-hydroxylation sites is 1. The molecule has 0 atom stereocenters. The minimum atomic E-state index is -0.0797. The molecule has 0 spiro atoms. The Labute approximate surface area is 101 Å². The molecule has 0 fully saturated rings. The van der Waals surface area contributed by atoms with Crippen molar-refractivity contribution in [3.05, 3.63) is 30.3 Å². The number of anilines is 1. The molecule has 0 aromatic heterocycles. The first-order valence-corrected chi connectivity index (χ1v) is 5.73. The van der Waals surface area contributed by atoms with Crippen LogP contribution in [-0.4, -0.2) is 32.0 Å². The number of carbonyl (C=O) groups is 1. The molecule has 1 aromatic carbocycles. The van der Waals surface area contributed by atoms with Crippen LogP contribution in [0, 0.1) is 0 Å². The normalized spacial score (nSPS) is 10.1. The molecule has 3 nitrogen and oxygen atoms in total. The van der Waals surface area contributed by atoms with Gasteiger partial charge in [-0.2, -0.15) is 0 Å². The van der Waals surface area contributed by atoms with Crippen molar-refractivity contribution in [2.24, 2.45) is 0 Å². The van der Waals surface area contributed by atoms with Gasteiger partial charge in [-0.3, -0.25) is 4.79 Å². The van der Waals surface area contributed by atoms with Gasteiger partial charge in [0, 0.05) is 25.9 Å². The van der Waals surface area contributed by atoms with E-state index in [1.165, 1.54) is 0 Å². The smallest absolute Gasteiger partial charge is 0.241 e. The summed E-state index contributed by atoms with van der Waals surface area (Å²) in [5, 5.41) is 0. The third kappa shape index (κ3) is 3.83.